The van der Waals surface area contributed by atoms with E-state index in [0.717, 1.165) is 0 Å². The topological polar surface area (TPSA) is 12.5 Å². The van der Waals surface area contributed by atoms with E-state index in [9.17, 15) is 17.6 Å². The van der Waals surface area contributed by atoms with Crippen LogP contribution in [0.15, 0.2) is 18.2 Å². The molecule has 0 radical (unpaired) electrons. The van der Waals surface area contributed by atoms with E-state index in [-0.39, 0.29) is 31.3 Å². The highest BCUT2D eigenvalue weighted by atomic mass is 19.4. The quantitative estimate of drug-likeness (QED) is 0.753. The van der Waals surface area contributed by atoms with Gasteiger partial charge in [-0.05, 0) is 30.4 Å². The summed E-state index contributed by atoms with van der Waals surface area (Å²) in [5.74, 6) is -1.32. The largest absolute Gasteiger partial charge is 0.496 e. The fourth-order valence-electron chi connectivity index (χ4n) is 3.19. The average molecular weight is 333 g/mol. The first kappa shape index (κ1) is 18.0. The maximum absolute atomic E-state index is 14.1. The van der Waals surface area contributed by atoms with Crippen LogP contribution in [0.5, 0.6) is 5.75 Å². The molecule has 1 aliphatic rings. The van der Waals surface area contributed by atoms with Crippen LogP contribution in [0.3, 0.4) is 0 Å². The summed E-state index contributed by atoms with van der Waals surface area (Å²) in [6, 6.07) is 4.47. The van der Waals surface area contributed by atoms with Crippen molar-refractivity contribution in [1.29, 1.82) is 0 Å². The van der Waals surface area contributed by atoms with E-state index in [1.54, 1.807) is 11.0 Å². The number of methoxy groups -OCH3 is 1. The predicted molar refractivity (Wildman–Crippen MR) is 80.7 cm³/mol. The van der Waals surface area contributed by atoms with E-state index in [1.165, 1.54) is 19.2 Å². The Morgan fingerprint density at radius 1 is 1.26 bits per heavy atom. The van der Waals surface area contributed by atoms with Gasteiger partial charge in [-0.25, -0.2) is 4.39 Å². The van der Waals surface area contributed by atoms with Gasteiger partial charge in [0.15, 0.2) is 0 Å². The third-order valence-corrected chi connectivity index (χ3v) is 4.64. The molecule has 1 fully saturated rings. The molecule has 1 aromatic carbocycles. The first-order valence-electron chi connectivity index (χ1n) is 7.82. The van der Waals surface area contributed by atoms with Gasteiger partial charge in [0.2, 0.25) is 0 Å². The fraction of sp³-hybridized carbons (Fsp3) is 0.647. The Kier molecular flexibility index (Phi) is 5.55. The number of likely N-dealkylation sites (tertiary alicyclic amines) is 1. The maximum atomic E-state index is 14.1. The summed E-state index contributed by atoms with van der Waals surface area (Å²) in [7, 11) is 1.43. The van der Waals surface area contributed by atoms with Crippen molar-refractivity contribution in [1.82, 2.24) is 4.90 Å². The molecule has 1 heterocycles. The SMILES string of the molecule is COc1cccc(F)c1CN1CC(C(C)C)CC(C(F)(F)F)C1. The van der Waals surface area contributed by atoms with Crippen molar-refractivity contribution >= 4 is 0 Å². The molecule has 2 atom stereocenters. The zero-order valence-electron chi connectivity index (χ0n) is 13.7. The lowest BCUT2D eigenvalue weighted by Gasteiger charge is -2.40. The molecule has 0 bridgehead atoms. The second kappa shape index (κ2) is 7.07. The van der Waals surface area contributed by atoms with Crippen LogP contribution in [0.25, 0.3) is 0 Å². The summed E-state index contributed by atoms with van der Waals surface area (Å²) in [4.78, 5) is 1.70. The van der Waals surface area contributed by atoms with Gasteiger partial charge in [0.1, 0.15) is 11.6 Å². The predicted octanol–water partition coefficient (Wildman–Crippen LogP) is 4.49. The molecule has 1 saturated heterocycles. The Morgan fingerprint density at radius 3 is 2.52 bits per heavy atom. The van der Waals surface area contributed by atoms with Crippen molar-refractivity contribution in [2.75, 3.05) is 20.2 Å². The molecular formula is C17H23F4NO. The molecule has 2 unspecified atom stereocenters. The third kappa shape index (κ3) is 4.37. The molecule has 0 amide bonds. The zero-order chi connectivity index (χ0) is 17.2. The van der Waals surface area contributed by atoms with Crippen molar-refractivity contribution in [2.24, 2.45) is 17.8 Å². The lowest BCUT2D eigenvalue weighted by molar-refractivity contribution is -0.193. The van der Waals surface area contributed by atoms with Gasteiger partial charge in [-0.15, -0.1) is 0 Å². The van der Waals surface area contributed by atoms with E-state index in [2.05, 4.69) is 0 Å². The molecule has 23 heavy (non-hydrogen) atoms. The van der Waals surface area contributed by atoms with Crippen LogP contribution in [-0.2, 0) is 6.54 Å². The summed E-state index contributed by atoms with van der Waals surface area (Å²) < 4.78 is 58.8. The minimum Gasteiger partial charge on any atom is -0.496 e. The highest BCUT2D eigenvalue weighted by Gasteiger charge is 2.45. The Labute approximate surface area is 134 Å². The Hall–Kier alpha value is -1.30. The average Bonchev–Trinajstić information content (AvgIpc) is 2.48. The Bertz CT molecular complexity index is 530. The van der Waals surface area contributed by atoms with Crippen LogP contribution in [0.4, 0.5) is 17.6 Å². The van der Waals surface area contributed by atoms with Crippen molar-refractivity contribution in [2.45, 2.75) is 33.0 Å². The molecule has 1 aliphatic heterocycles. The smallest absolute Gasteiger partial charge is 0.393 e. The molecule has 0 saturated carbocycles. The van der Waals surface area contributed by atoms with Crippen molar-refractivity contribution in [3.8, 4) is 5.75 Å². The number of piperidine rings is 1. The van der Waals surface area contributed by atoms with Crippen molar-refractivity contribution in [3.63, 3.8) is 0 Å². The van der Waals surface area contributed by atoms with E-state index < -0.39 is 17.9 Å². The minimum atomic E-state index is -4.22. The molecule has 2 rings (SSSR count). The standard InChI is InChI=1S/C17H23F4NO/c1-11(2)12-7-13(17(19,20)21)9-22(8-12)10-14-15(18)5-4-6-16(14)23-3/h4-6,11-13H,7-10H2,1-3H3. The summed E-state index contributed by atoms with van der Waals surface area (Å²) in [5.41, 5.74) is 0.320. The van der Waals surface area contributed by atoms with Crippen LogP contribution in [0, 0.1) is 23.6 Å². The van der Waals surface area contributed by atoms with E-state index in [0.29, 0.717) is 17.9 Å². The number of benzene rings is 1. The number of alkyl halides is 3. The van der Waals surface area contributed by atoms with E-state index >= 15 is 0 Å². The molecule has 0 N–H and O–H groups in total. The van der Waals surface area contributed by atoms with Gasteiger partial charge in [0, 0.05) is 25.2 Å². The summed E-state index contributed by atoms with van der Waals surface area (Å²) in [6.07, 6.45) is -4.07. The van der Waals surface area contributed by atoms with Crippen LogP contribution in [0.1, 0.15) is 25.8 Å². The second-order valence-corrected chi connectivity index (χ2v) is 6.59. The molecular weight excluding hydrogens is 310 g/mol. The summed E-state index contributed by atoms with van der Waals surface area (Å²) in [6.45, 7) is 4.45. The van der Waals surface area contributed by atoms with Gasteiger partial charge in [-0.1, -0.05) is 19.9 Å². The van der Waals surface area contributed by atoms with Gasteiger partial charge in [0.05, 0.1) is 13.0 Å². The van der Waals surface area contributed by atoms with Gasteiger partial charge < -0.3 is 4.74 Å². The van der Waals surface area contributed by atoms with Gasteiger partial charge in [-0.2, -0.15) is 13.2 Å². The molecule has 1 aromatic rings. The minimum absolute atomic E-state index is 0.0480. The Balaban J connectivity index is 2.21. The number of halogens is 4. The van der Waals surface area contributed by atoms with Gasteiger partial charge >= 0.3 is 6.18 Å². The number of ether oxygens (including phenoxy) is 1. The van der Waals surface area contributed by atoms with E-state index in [1.807, 2.05) is 13.8 Å². The van der Waals surface area contributed by atoms with Gasteiger partial charge in [-0.3, -0.25) is 4.90 Å². The first-order chi connectivity index (χ1) is 10.7. The van der Waals surface area contributed by atoms with Crippen LogP contribution in [0.2, 0.25) is 0 Å². The first-order valence-corrected chi connectivity index (χ1v) is 7.82. The number of hydrogen-bond donors (Lipinski definition) is 0. The molecule has 130 valence electrons. The van der Waals surface area contributed by atoms with Crippen LogP contribution in [-0.4, -0.2) is 31.3 Å². The molecule has 0 spiro atoms. The normalized spacial score (nSPS) is 23.3. The van der Waals surface area contributed by atoms with Crippen LogP contribution >= 0.6 is 0 Å². The molecule has 0 aliphatic carbocycles. The monoisotopic (exact) mass is 333 g/mol. The summed E-state index contributed by atoms with van der Waals surface area (Å²) >= 11 is 0. The van der Waals surface area contributed by atoms with Gasteiger partial charge in [0.25, 0.3) is 0 Å². The molecule has 6 heteroatoms. The number of hydrogen-bond acceptors (Lipinski definition) is 2. The summed E-state index contributed by atoms with van der Waals surface area (Å²) in [5, 5.41) is 0. The lowest BCUT2D eigenvalue weighted by Crippen LogP contribution is -2.46. The number of nitrogens with zero attached hydrogens (tertiary/aromatic N) is 1. The lowest BCUT2D eigenvalue weighted by atomic mass is 9.82. The molecule has 2 nitrogen and oxygen atoms in total. The van der Waals surface area contributed by atoms with E-state index in [4.69, 9.17) is 4.74 Å². The molecule has 0 aromatic heterocycles. The zero-order valence-corrected chi connectivity index (χ0v) is 13.7. The Morgan fingerprint density at radius 2 is 1.96 bits per heavy atom. The highest BCUT2D eigenvalue weighted by molar-refractivity contribution is 5.34. The second-order valence-electron chi connectivity index (χ2n) is 6.59. The maximum Gasteiger partial charge on any atom is 0.393 e. The fourth-order valence-corrected chi connectivity index (χ4v) is 3.19. The third-order valence-electron chi connectivity index (χ3n) is 4.64. The van der Waals surface area contributed by atoms with Crippen molar-refractivity contribution in [3.05, 3.63) is 29.6 Å². The highest BCUT2D eigenvalue weighted by Crippen LogP contribution is 2.38. The van der Waals surface area contributed by atoms with Crippen LogP contribution < -0.4 is 4.74 Å². The number of rotatable bonds is 4. The van der Waals surface area contributed by atoms with Crippen molar-refractivity contribution < 1.29 is 22.3 Å².